The fourth-order valence-corrected chi connectivity index (χ4v) is 5.75. The predicted molar refractivity (Wildman–Crippen MR) is 151 cm³/mol. The Morgan fingerprint density at radius 2 is 1.90 bits per heavy atom. The molecule has 2 N–H and O–H groups in total. The quantitative estimate of drug-likeness (QED) is 0.222. The molecule has 0 fully saturated rings. The van der Waals surface area contributed by atoms with Crippen LogP contribution >= 0.6 is 0 Å². The molecule has 2 aromatic heterocycles. The largest absolute Gasteiger partial charge is 0.459 e. The van der Waals surface area contributed by atoms with Crippen molar-refractivity contribution in [1.82, 2.24) is 15.6 Å². The van der Waals surface area contributed by atoms with E-state index in [4.69, 9.17) is 4.42 Å². The highest BCUT2D eigenvalue weighted by Crippen LogP contribution is 2.45. The van der Waals surface area contributed by atoms with E-state index in [2.05, 4.69) is 35.5 Å². The molecule has 1 amide bonds. The lowest BCUT2D eigenvalue weighted by Crippen LogP contribution is -2.29. The number of ketones is 2. The summed E-state index contributed by atoms with van der Waals surface area (Å²) < 4.78 is 6.24. The van der Waals surface area contributed by atoms with E-state index in [1.54, 1.807) is 18.5 Å². The molecule has 0 aliphatic heterocycles. The Balaban J connectivity index is 1.17. The van der Waals surface area contributed by atoms with E-state index in [0.717, 1.165) is 60.9 Å². The SMILES string of the molecule is Cc1c(CNCCCCNC(=O)/C=C/c2cccnc2)oc2c1C(=O)C(=O)c1c-2ccc2c1CCCC2(C)C. The molecule has 2 aliphatic rings. The number of hydrogen-bond donors (Lipinski definition) is 2. The average Bonchev–Trinajstić information content (AvgIpc) is 3.26. The zero-order valence-corrected chi connectivity index (χ0v) is 22.9. The highest BCUT2D eigenvalue weighted by molar-refractivity contribution is 6.53. The van der Waals surface area contributed by atoms with Gasteiger partial charge >= 0.3 is 0 Å². The summed E-state index contributed by atoms with van der Waals surface area (Å²) in [5.41, 5.74) is 5.47. The van der Waals surface area contributed by atoms with Crippen LogP contribution in [0.5, 0.6) is 0 Å². The maximum absolute atomic E-state index is 13.3. The molecule has 202 valence electrons. The molecule has 2 aliphatic carbocycles. The van der Waals surface area contributed by atoms with Gasteiger partial charge in [0.1, 0.15) is 11.5 Å². The Kier molecular flexibility index (Phi) is 7.62. The van der Waals surface area contributed by atoms with Crippen LogP contribution in [0.2, 0.25) is 0 Å². The number of nitrogens with one attached hydrogen (secondary N) is 2. The minimum atomic E-state index is -0.463. The van der Waals surface area contributed by atoms with E-state index >= 15 is 0 Å². The second-order valence-corrected chi connectivity index (χ2v) is 11.1. The highest BCUT2D eigenvalue weighted by atomic mass is 16.3. The van der Waals surface area contributed by atoms with Crippen LogP contribution in [0.4, 0.5) is 0 Å². The van der Waals surface area contributed by atoms with E-state index < -0.39 is 11.6 Å². The molecule has 3 aromatic rings. The van der Waals surface area contributed by atoms with Gasteiger partial charge in [0.15, 0.2) is 0 Å². The van der Waals surface area contributed by atoms with Gasteiger partial charge in [-0.05, 0) is 79.8 Å². The first-order valence-corrected chi connectivity index (χ1v) is 13.7. The van der Waals surface area contributed by atoms with Gasteiger partial charge in [0.2, 0.25) is 17.5 Å². The summed E-state index contributed by atoms with van der Waals surface area (Å²) in [5.74, 6) is 0.203. The molecule has 0 unspecified atom stereocenters. The normalized spacial score (nSPS) is 15.7. The van der Waals surface area contributed by atoms with Gasteiger partial charge in [-0.15, -0.1) is 0 Å². The van der Waals surface area contributed by atoms with E-state index in [-0.39, 0.29) is 11.3 Å². The lowest BCUT2D eigenvalue weighted by Gasteiger charge is -2.34. The minimum absolute atomic E-state index is 0.0141. The van der Waals surface area contributed by atoms with Gasteiger partial charge in [-0.25, -0.2) is 0 Å². The van der Waals surface area contributed by atoms with Crippen LogP contribution in [-0.2, 0) is 23.2 Å². The first-order chi connectivity index (χ1) is 18.8. The first-order valence-electron chi connectivity index (χ1n) is 13.7. The number of Topliss-reactive ketones (excluding diaryl/α,β-unsaturated/α-hetero) is 2. The number of amides is 1. The van der Waals surface area contributed by atoms with Gasteiger partial charge in [-0.2, -0.15) is 0 Å². The van der Waals surface area contributed by atoms with E-state index in [0.29, 0.717) is 35.7 Å². The molecular weight excluding hydrogens is 490 g/mol. The minimum Gasteiger partial charge on any atom is -0.459 e. The van der Waals surface area contributed by atoms with Crippen LogP contribution in [-0.4, -0.2) is 35.5 Å². The van der Waals surface area contributed by atoms with E-state index in [9.17, 15) is 14.4 Å². The van der Waals surface area contributed by atoms with Crippen molar-refractivity contribution in [2.75, 3.05) is 13.1 Å². The molecule has 2 heterocycles. The number of furan rings is 1. The zero-order valence-electron chi connectivity index (χ0n) is 22.9. The van der Waals surface area contributed by atoms with Crippen molar-refractivity contribution in [3.05, 3.63) is 81.9 Å². The molecule has 0 bridgehead atoms. The number of hydrogen-bond acceptors (Lipinski definition) is 6. The summed E-state index contributed by atoms with van der Waals surface area (Å²) in [4.78, 5) is 42.5. The lowest BCUT2D eigenvalue weighted by atomic mass is 9.69. The average molecular weight is 526 g/mol. The smallest absolute Gasteiger partial charge is 0.243 e. The molecule has 0 saturated heterocycles. The summed E-state index contributed by atoms with van der Waals surface area (Å²) in [5, 5.41) is 6.26. The third-order valence-electron chi connectivity index (χ3n) is 7.90. The Morgan fingerprint density at radius 1 is 1.10 bits per heavy atom. The number of aromatic nitrogens is 1. The predicted octanol–water partition coefficient (Wildman–Crippen LogP) is 5.34. The number of nitrogens with zero attached hydrogens (tertiary/aromatic N) is 1. The van der Waals surface area contributed by atoms with Gasteiger partial charge in [-0.3, -0.25) is 19.4 Å². The molecule has 1 aromatic carbocycles. The van der Waals surface area contributed by atoms with Crippen LogP contribution < -0.4 is 10.6 Å². The van der Waals surface area contributed by atoms with Crippen molar-refractivity contribution in [1.29, 1.82) is 0 Å². The summed E-state index contributed by atoms with van der Waals surface area (Å²) in [6.07, 6.45) is 11.2. The third-order valence-corrected chi connectivity index (χ3v) is 7.90. The van der Waals surface area contributed by atoms with Crippen molar-refractivity contribution >= 4 is 23.5 Å². The van der Waals surface area contributed by atoms with Crippen molar-refractivity contribution < 1.29 is 18.8 Å². The summed E-state index contributed by atoms with van der Waals surface area (Å²) in [6, 6.07) is 7.79. The second-order valence-electron chi connectivity index (χ2n) is 11.1. The number of fused-ring (bicyclic) bond motifs is 5. The number of benzene rings is 1. The molecule has 7 heteroatoms. The number of carbonyl (C=O) groups excluding carboxylic acids is 3. The summed E-state index contributed by atoms with van der Waals surface area (Å²) >= 11 is 0. The van der Waals surface area contributed by atoms with Crippen LogP contribution in [0, 0.1) is 6.92 Å². The van der Waals surface area contributed by atoms with Gasteiger partial charge in [0.25, 0.3) is 0 Å². The van der Waals surface area contributed by atoms with Crippen LogP contribution in [0.15, 0.2) is 47.2 Å². The number of carbonyl (C=O) groups is 3. The van der Waals surface area contributed by atoms with Crippen LogP contribution in [0.1, 0.15) is 88.3 Å². The summed E-state index contributed by atoms with van der Waals surface area (Å²) in [7, 11) is 0. The van der Waals surface area contributed by atoms with Gasteiger partial charge in [-0.1, -0.05) is 32.0 Å². The number of rotatable bonds is 9. The zero-order chi connectivity index (χ0) is 27.6. The number of unbranched alkanes of at least 4 members (excludes halogenated alkanes) is 1. The molecule has 7 nitrogen and oxygen atoms in total. The Labute approximate surface area is 229 Å². The molecule has 5 rings (SSSR count). The molecule has 39 heavy (non-hydrogen) atoms. The first kappa shape index (κ1) is 26.8. The topological polar surface area (TPSA) is 101 Å². The summed E-state index contributed by atoms with van der Waals surface area (Å²) in [6.45, 7) is 8.04. The van der Waals surface area contributed by atoms with E-state index in [1.807, 2.05) is 25.1 Å². The van der Waals surface area contributed by atoms with Crippen LogP contribution in [0.25, 0.3) is 17.4 Å². The van der Waals surface area contributed by atoms with Gasteiger partial charge < -0.3 is 15.1 Å². The van der Waals surface area contributed by atoms with Crippen LogP contribution in [0.3, 0.4) is 0 Å². The molecule has 0 saturated carbocycles. The fourth-order valence-electron chi connectivity index (χ4n) is 5.75. The lowest BCUT2D eigenvalue weighted by molar-refractivity contribution is -0.116. The van der Waals surface area contributed by atoms with Crippen molar-refractivity contribution in [2.45, 2.75) is 64.8 Å². The maximum Gasteiger partial charge on any atom is 0.243 e. The third kappa shape index (κ3) is 5.36. The molecule has 0 radical (unpaired) electrons. The van der Waals surface area contributed by atoms with Gasteiger partial charge in [0, 0.05) is 41.7 Å². The molecule has 0 atom stereocenters. The van der Waals surface area contributed by atoms with Crippen molar-refractivity contribution in [3.63, 3.8) is 0 Å². The van der Waals surface area contributed by atoms with Gasteiger partial charge in [0.05, 0.1) is 12.1 Å². The Morgan fingerprint density at radius 3 is 2.69 bits per heavy atom. The fraction of sp³-hybridized carbons (Fsp3) is 0.375. The molecular formula is C32H35N3O4. The molecule has 0 spiro atoms. The Bertz CT molecular complexity index is 1450. The van der Waals surface area contributed by atoms with E-state index in [1.165, 1.54) is 11.6 Å². The van der Waals surface area contributed by atoms with Crippen molar-refractivity contribution in [2.24, 2.45) is 0 Å². The second kappa shape index (κ2) is 11.1. The Hall–Kier alpha value is -3.84. The standard InChI is InChI=1S/C32H35N3O4/c1-20-25(19-34-15-4-5-17-35-26(36)13-10-21-8-7-16-33-18-21)39-31-23-11-12-24-22(9-6-14-32(24,2)3)28(23)30(38)29(37)27(20)31/h7-8,10-13,16,18,34H,4-6,9,14-15,17,19H2,1-3H3,(H,35,36)/b13-10+. The van der Waals surface area contributed by atoms with Crippen molar-refractivity contribution in [3.8, 4) is 11.3 Å². The monoisotopic (exact) mass is 525 g/mol. The maximum atomic E-state index is 13.3. The number of pyridine rings is 1. The highest BCUT2D eigenvalue weighted by Gasteiger charge is 2.40.